The van der Waals surface area contributed by atoms with Crippen LogP contribution in [-0.4, -0.2) is 17.9 Å². The third kappa shape index (κ3) is 4.18. The smallest absolute Gasteiger partial charge is 0.262 e. The fraction of sp³-hybridized carbons (Fsp3) is 0.294. The van der Waals surface area contributed by atoms with Crippen LogP contribution in [0, 0.1) is 12.8 Å². The molecule has 1 atom stereocenters. The second-order valence-electron chi connectivity index (χ2n) is 5.53. The maximum Gasteiger partial charge on any atom is 0.262 e. The average molecular weight is 316 g/mol. The minimum Gasteiger partial charge on any atom is -0.339 e. The predicted octanol–water partition coefficient (Wildman–Crippen LogP) is 3.45. The zero-order valence-electron chi connectivity index (χ0n) is 12.9. The van der Waals surface area contributed by atoms with Gasteiger partial charge in [0.15, 0.2) is 0 Å². The molecule has 0 bridgehead atoms. The van der Waals surface area contributed by atoms with Crippen molar-refractivity contribution in [3.63, 3.8) is 0 Å². The van der Waals surface area contributed by atoms with Crippen molar-refractivity contribution in [1.82, 2.24) is 5.32 Å². The first kappa shape index (κ1) is 16.2. The van der Waals surface area contributed by atoms with Crippen LogP contribution < -0.4 is 10.6 Å². The van der Waals surface area contributed by atoms with E-state index in [4.69, 9.17) is 0 Å². The van der Waals surface area contributed by atoms with E-state index in [2.05, 4.69) is 10.6 Å². The van der Waals surface area contributed by atoms with E-state index < -0.39 is 6.04 Å². The lowest BCUT2D eigenvalue weighted by Crippen LogP contribution is -2.46. The molecule has 2 rings (SSSR count). The topological polar surface area (TPSA) is 58.2 Å². The van der Waals surface area contributed by atoms with Gasteiger partial charge in [-0.3, -0.25) is 9.59 Å². The van der Waals surface area contributed by atoms with Gasteiger partial charge < -0.3 is 10.6 Å². The lowest BCUT2D eigenvalue weighted by atomic mass is 10.0. The Kier molecular flexibility index (Phi) is 5.33. The number of carbonyl (C=O) groups is 2. The molecule has 5 heteroatoms. The van der Waals surface area contributed by atoms with Gasteiger partial charge in [-0.15, -0.1) is 11.3 Å². The standard InChI is InChI=1S/C17H20N2O2S/c1-11(2)15(19-16(20)14-5-4-10-22-14)17(21)18-13-8-6-12(3)7-9-13/h4-11,15H,1-3H3,(H,18,21)(H,19,20). The largest absolute Gasteiger partial charge is 0.339 e. The highest BCUT2D eigenvalue weighted by molar-refractivity contribution is 7.12. The summed E-state index contributed by atoms with van der Waals surface area (Å²) in [6.45, 7) is 5.81. The molecule has 0 spiro atoms. The molecule has 1 aromatic heterocycles. The summed E-state index contributed by atoms with van der Waals surface area (Å²) in [5.74, 6) is -0.425. The van der Waals surface area contributed by atoms with E-state index in [9.17, 15) is 9.59 Å². The van der Waals surface area contributed by atoms with Crippen LogP contribution in [0.1, 0.15) is 29.1 Å². The van der Waals surface area contributed by atoms with Gasteiger partial charge in [0, 0.05) is 5.69 Å². The Morgan fingerprint density at radius 1 is 1.09 bits per heavy atom. The zero-order valence-corrected chi connectivity index (χ0v) is 13.7. The molecule has 2 amide bonds. The highest BCUT2D eigenvalue weighted by Gasteiger charge is 2.25. The average Bonchev–Trinajstić information content (AvgIpc) is 3.00. The van der Waals surface area contributed by atoms with Crippen molar-refractivity contribution in [2.75, 3.05) is 5.32 Å². The summed E-state index contributed by atoms with van der Waals surface area (Å²) in [5, 5.41) is 7.50. The number of hydrogen-bond donors (Lipinski definition) is 2. The number of rotatable bonds is 5. The first-order valence-corrected chi connectivity index (χ1v) is 8.07. The summed E-state index contributed by atoms with van der Waals surface area (Å²) in [6, 6.07) is 10.6. The molecule has 2 N–H and O–H groups in total. The second-order valence-corrected chi connectivity index (χ2v) is 6.48. The van der Waals surface area contributed by atoms with Crippen molar-refractivity contribution in [2.24, 2.45) is 5.92 Å². The van der Waals surface area contributed by atoms with Crippen LogP contribution >= 0.6 is 11.3 Å². The van der Waals surface area contributed by atoms with Gasteiger partial charge in [-0.05, 0) is 36.4 Å². The van der Waals surface area contributed by atoms with Crippen molar-refractivity contribution in [3.8, 4) is 0 Å². The molecule has 2 aromatic rings. The molecule has 0 radical (unpaired) electrons. The van der Waals surface area contributed by atoms with Gasteiger partial charge in [0.1, 0.15) is 6.04 Å². The molecule has 0 aliphatic heterocycles. The molecule has 116 valence electrons. The van der Waals surface area contributed by atoms with Crippen molar-refractivity contribution in [1.29, 1.82) is 0 Å². The maximum absolute atomic E-state index is 12.4. The summed E-state index contributed by atoms with van der Waals surface area (Å²) >= 11 is 1.36. The molecule has 22 heavy (non-hydrogen) atoms. The minimum atomic E-state index is -0.573. The number of amides is 2. The lowest BCUT2D eigenvalue weighted by molar-refractivity contribution is -0.118. The SMILES string of the molecule is Cc1ccc(NC(=O)C(NC(=O)c2cccs2)C(C)C)cc1. The van der Waals surface area contributed by atoms with E-state index in [1.165, 1.54) is 11.3 Å². The number of anilines is 1. The molecular formula is C17H20N2O2S. The van der Waals surface area contributed by atoms with Gasteiger partial charge in [-0.2, -0.15) is 0 Å². The maximum atomic E-state index is 12.4. The van der Waals surface area contributed by atoms with E-state index in [0.717, 1.165) is 11.3 Å². The second kappa shape index (κ2) is 7.22. The molecule has 0 saturated heterocycles. The lowest BCUT2D eigenvalue weighted by Gasteiger charge is -2.21. The molecule has 0 saturated carbocycles. The quantitative estimate of drug-likeness (QED) is 0.887. The van der Waals surface area contributed by atoms with Crippen LogP contribution in [0.4, 0.5) is 5.69 Å². The minimum absolute atomic E-state index is 0.00522. The Bertz CT molecular complexity index is 633. The molecular weight excluding hydrogens is 296 g/mol. The fourth-order valence-corrected chi connectivity index (χ4v) is 2.64. The summed E-state index contributed by atoms with van der Waals surface area (Å²) in [5.41, 5.74) is 1.86. The highest BCUT2D eigenvalue weighted by Crippen LogP contribution is 2.13. The van der Waals surface area contributed by atoms with Crippen LogP contribution in [0.2, 0.25) is 0 Å². The van der Waals surface area contributed by atoms with Gasteiger partial charge in [-0.25, -0.2) is 0 Å². The monoisotopic (exact) mass is 316 g/mol. The van der Waals surface area contributed by atoms with Gasteiger partial charge >= 0.3 is 0 Å². The Hall–Kier alpha value is -2.14. The number of thiophene rings is 1. The molecule has 1 aromatic carbocycles. The van der Waals surface area contributed by atoms with E-state index in [-0.39, 0.29) is 17.7 Å². The van der Waals surface area contributed by atoms with E-state index in [1.807, 2.05) is 56.5 Å². The molecule has 0 aliphatic rings. The number of nitrogens with one attached hydrogen (secondary N) is 2. The van der Waals surface area contributed by atoms with Crippen LogP contribution in [-0.2, 0) is 4.79 Å². The molecule has 0 fully saturated rings. The first-order chi connectivity index (χ1) is 10.5. The van der Waals surface area contributed by atoms with Crippen LogP contribution in [0.5, 0.6) is 0 Å². The Morgan fingerprint density at radius 3 is 2.32 bits per heavy atom. The normalized spacial score (nSPS) is 12.0. The summed E-state index contributed by atoms with van der Waals surface area (Å²) in [7, 11) is 0. The number of aryl methyl sites for hydroxylation is 1. The Morgan fingerprint density at radius 2 is 1.77 bits per heavy atom. The zero-order chi connectivity index (χ0) is 16.1. The molecule has 1 heterocycles. The highest BCUT2D eigenvalue weighted by atomic mass is 32.1. The van der Waals surface area contributed by atoms with Gasteiger partial charge in [-0.1, -0.05) is 37.6 Å². The van der Waals surface area contributed by atoms with Crippen LogP contribution in [0.3, 0.4) is 0 Å². The summed E-state index contributed by atoms with van der Waals surface area (Å²) in [4.78, 5) is 25.2. The Labute approximate surface area is 134 Å². The third-order valence-electron chi connectivity index (χ3n) is 3.30. The number of benzene rings is 1. The number of hydrogen-bond acceptors (Lipinski definition) is 3. The molecule has 4 nitrogen and oxygen atoms in total. The van der Waals surface area contributed by atoms with E-state index >= 15 is 0 Å². The van der Waals surface area contributed by atoms with Crippen molar-refractivity contribution >= 4 is 28.8 Å². The van der Waals surface area contributed by atoms with Crippen LogP contribution in [0.15, 0.2) is 41.8 Å². The van der Waals surface area contributed by atoms with Crippen molar-refractivity contribution < 1.29 is 9.59 Å². The third-order valence-corrected chi connectivity index (χ3v) is 4.17. The fourth-order valence-electron chi connectivity index (χ4n) is 2.01. The Balaban J connectivity index is 2.05. The summed E-state index contributed by atoms with van der Waals surface area (Å²) in [6.07, 6.45) is 0. The predicted molar refractivity (Wildman–Crippen MR) is 90.2 cm³/mol. The van der Waals surface area contributed by atoms with Gasteiger partial charge in [0.2, 0.25) is 5.91 Å². The van der Waals surface area contributed by atoms with Gasteiger partial charge in [0.05, 0.1) is 4.88 Å². The van der Waals surface area contributed by atoms with Gasteiger partial charge in [0.25, 0.3) is 5.91 Å². The van der Waals surface area contributed by atoms with Crippen LogP contribution in [0.25, 0.3) is 0 Å². The number of carbonyl (C=O) groups excluding carboxylic acids is 2. The first-order valence-electron chi connectivity index (χ1n) is 7.19. The van der Waals surface area contributed by atoms with E-state index in [0.29, 0.717) is 4.88 Å². The van der Waals surface area contributed by atoms with Crippen molar-refractivity contribution in [2.45, 2.75) is 26.8 Å². The molecule has 1 unspecified atom stereocenters. The van der Waals surface area contributed by atoms with E-state index in [1.54, 1.807) is 6.07 Å². The van der Waals surface area contributed by atoms with Crippen molar-refractivity contribution in [3.05, 3.63) is 52.2 Å². The summed E-state index contributed by atoms with van der Waals surface area (Å²) < 4.78 is 0. The molecule has 0 aliphatic carbocycles.